The van der Waals surface area contributed by atoms with Gasteiger partial charge in [0, 0.05) is 10.6 Å². The maximum atomic E-state index is 12.3. The van der Waals surface area contributed by atoms with Crippen LogP contribution in [0.5, 0.6) is 11.5 Å². The number of aliphatic hydroxyl groups excluding tert-OH is 1. The van der Waals surface area contributed by atoms with Crippen LogP contribution >= 0.6 is 11.6 Å². The lowest BCUT2D eigenvalue weighted by molar-refractivity contribution is -0.133. The lowest BCUT2D eigenvalue weighted by Gasteiger charge is -2.16. The van der Waals surface area contributed by atoms with Gasteiger partial charge in [0.1, 0.15) is 5.76 Å². The Hall–Kier alpha value is -2.99. The van der Waals surface area contributed by atoms with Crippen molar-refractivity contribution in [2.45, 2.75) is 6.04 Å². The van der Waals surface area contributed by atoms with Crippen LogP contribution < -0.4 is 14.8 Å². The van der Waals surface area contributed by atoms with Crippen LogP contribution in [0, 0.1) is 0 Å². The summed E-state index contributed by atoms with van der Waals surface area (Å²) in [5.41, 5.74) is 0.946. The summed E-state index contributed by atoms with van der Waals surface area (Å²) in [5, 5.41) is 13.7. The SMILES string of the molecule is COc1ccc(C2NC(=O)C(=O)C2=C(O)c2ccc(Cl)cc2)cc1OC. The van der Waals surface area contributed by atoms with Gasteiger partial charge in [-0.2, -0.15) is 0 Å². The summed E-state index contributed by atoms with van der Waals surface area (Å²) in [6.45, 7) is 0. The average molecular weight is 374 g/mol. The fourth-order valence-corrected chi connectivity index (χ4v) is 2.94. The minimum atomic E-state index is -0.800. The summed E-state index contributed by atoms with van der Waals surface area (Å²) in [4.78, 5) is 24.3. The number of methoxy groups -OCH3 is 2. The molecule has 1 saturated heterocycles. The van der Waals surface area contributed by atoms with Gasteiger partial charge in [-0.15, -0.1) is 0 Å². The number of Topliss-reactive ketones (excluding diaryl/α,β-unsaturated/α-hetero) is 1. The Morgan fingerprint density at radius 1 is 1.04 bits per heavy atom. The summed E-state index contributed by atoms with van der Waals surface area (Å²) < 4.78 is 10.5. The fraction of sp³-hybridized carbons (Fsp3) is 0.158. The predicted molar refractivity (Wildman–Crippen MR) is 96.4 cm³/mol. The Morgan fingerprint density at radius 2 is 1.69 bits per heavy atom. The van der Waals surface area contributed by atoms with Gasteiger partial charge in [-0.25, -0.2) is 0 Å². The molecule has 0 aromatic heterocycles. The van der Waals surface area contributed by atoms with Gasteiger partial charge in [0.15, 0.2) is 11.5 Å². The number of ether oxygens (including phenoxy) is 2. The largest absolute Gasteiger partial charge is 0.507 e. The molecule has 7 heteroatoms. The number of rotatable bonds is 4. The van der Waals surface area contributed by atoms with E-state index in [9.17, 15) is 14.7 Å². The van der Waals surface area contributed by atoms with Gasteiger partial charge >= 0.3 is 0 Å². The molecule has 0 aliphatic carbocycles. The topological polar surface area (TPSA) is 84.9 Å². The highest BCUT2D eigenvalue weighted by Crippen LogP contribution is 2.37. The fourth-order valence-electron chi connectivity index (χ4n) is 2.81. The molecule has 0 saturated carbocycles. The highest BCUT2D eigenvalue weighted by Gasteiger charge is 2.39. The lowest BCUT2D eigenvalue weighted by atomic mass is 9.95. The normalized spacial score (nSPS) is 18.5. The molecule has 2 N–H and O–H groups in total. The monoisotopic (exact) mass is 373 g/mol. The predicted octanol–water partition coefficient (Wildman–Crippen LogP) is 3.07. The van der Waals surface area contributed by atoms with E-state index in [1.807, 2.05) is 0 Å². The lowest BCUT2D eigenvalue weighted by Crippen LogP contribution is -2.21. The molecule has 1 fully saturated rings. The molecule has 1 heterocycles. The molecular formula is C19H16ClNO5. The minimum absolute atomic E-state index is 0.0236. The van der Waals surface area contributed by atoms with Crippen LogP contribution in [0.15, 0.2) is 48.0 Å². The molecular weight excluding hydrogens is 358 g/mol. The highest BCUT2D eigenvalue weighted by atomic mass is 35.5. The van der Waals surface area contributed by atoms with Gasteiger partial charge in [-0.05, 0) is 42.0 Å². The second-order valence-electron chi connectivity index (χ2n) is 5.62. The molecule has 0 radical (unpaired) electrons. The van der Waals surface area contributed by atoms with Gasteiger partial charge in [0.2, 0.25) is 0 Å². The van der Waals surface area contributed by atoms with Crippen LogP contribution in [0.1, 0.15) is 17.2 Å². The van der Waals surface area contributed by atoms with Gasteiger partial charge in [-0.1, -0.05) is 17.7 Å². The maximum absolute atomic E-state index is 12.3. The quantitative estimate of drug-likeness (QED) is 0.489. The Labute approximate surface area is 155 Å². The van der Waals surface area contributed by atoms with Crippen molar-refractivity contribution < 1.29 is 24.2 Å². The van der Waals surface area contributed by atoms with Crippen molar-refractivity contribution in [3.8, 4) is 11.5 Å². The van der Waals surface area contributed by atoms with Crippen molar-refractivity contribution in [2.24, 2.45) is 0 Å². The summed E-state index contributed by atoms with van der Waals surface area (Å²) in [7, 11) is 3.00. The van der Waals surface area contributed by atoms with Crippen molar-refractivity contribution in [3.63, 3.8) is 0 Å². The molecule has 0 bridgehead atoms. The van der Waals surface area contributed by atoms with E-state index in [0.29, 0.717) is 27.6 Å². The zero-order valence-corrected chi connectivity index (χ0v) is 14.8. The van der Waals surface area contributed by atoms with Crippen molar-refractivity contribution in [2.75, 3.05) is 14.2 Å². The van der Waals surface area contributed by atoms with E-state index in [4.69, 9.17) is 21.1 Å². The third-order valence-corrected chi connectivity index (χ3v) is 4.38. The number of hydrogen-bond donors (Lipinski definition) is 2. The van der Waals surface area contributed by atoms with E-state index in [-0.39, 0.29) is 11.3 Å². The van der Waals surface area contributed by atoms with Crippen molar-refractivity contribution in [1.29, 1.82) is 0 Å². The summed E-state index contributed by atoms with van der Waals surface area (Å²) >= 11 is 5.86. The first-order valence-electron chi connectivity index (χ1n) is 7.72. The Bertz CT molecular complexity index is 905. The smallest absolute Gasteiger partial charge is 0.293 e. The van der Waals surface area contributed by atoms with Gasteiger partial charge in [-0.3, -0.25) is 9.59 Å². The number of ketones is 1. The first-order chi connectivity index (χ1) is 12.5. The first-order valence-corrected chi connectivity index (χ1v) is 8.10. The number of nitrogens with one attached hydrogen (secondary N) is 1. The van der Waals surface area contributed by atoms with Crippen molar-refractivity contribution in [1.82, 2.24) is 5.32 Å². The zero-order valence-electron chi connectivity index (χ0n) is 14.1. The second kappa shape index (κ2) is 7.09. The van der Waals surface area contributed by atoms with E-state index in [1.54, 1.807) is 42.5 Å². The van der Waals surface area contributed by atoms with E-state index < -0.39 is 17.7 Å². The molecule has 3 rings (SSSR count). The minimum Gasteiger partial charge on any atom is -0.507 e. The number of benzene rings is 2. The number of halogens is 1. The number of aliphatic hydroxyl groups is 1. The average Bonchev–Trinajstić information content (AvgIpc) is 2.96. The van der Waals surface area contributed by atoms with Crippen molar-refractivity contribution >= 4 is 29.1 Å². The molecule has 1 aliphatic rings. The van der Waals surface area contributed by atoms with Crippen molar-refractivity contribution in [3.05, 3.63) is 64.2 Å². The molecule has 1 amide bonds. The third kappa shape index (κ3) is 3.11. The van der Waals surface area contributed by atoms with Gasteiger partial charge < -0.3 is 19.9 Å². The van der Waals surface area contributed by atoms with Crippen LogP contribution in [0.2, 0.25) is 5.02 Å². The molecule has 6 nitrogen and oxygen atoms in total. The Morgan fingerprint density at radius 3 is 2.31 bits per heavy atom. The molecule has 26 heavy (non-hydrogen) atoms. The molecule has 1 aliphatic heterocycles. The molecule has 0 spiro atoms. The Balaban J connectivity index is 2.11. The van der Waals surface area contributed by atoms with Crippen LogP contribution in [-0.2, 0) is 9.59 Å². The molecule has 1 atom stereocenters. The summed E-state index contributed by atoms with van der Waals surface area (Å²) in [6.07, 6.45) is 0. The number of hydrogen-bond acceptors (Lipinski definition) is 5. The third-order valence-electron chi connectivity index (χ3n) is 4.13. The molecule has 1 unspecified atom stereocenters. The Kier molecular flexibility index (Phi) is 4.86. The molecule has 2 aromatic carbocycles. The zero-order chi connectivity index (χ0) is 18.8. The molecule has 2 aromatic rings. The van der Waals surface area contributed by atoms with E-state index >= 15 is 0 Å². The van der Waals surface area contributed by atoms with E-state index in [0.717, 1.165) is 0 Å². The molecule has 134 valence electrons. The van der Waals surface area contributed by atoms with Gasteiger partial charge in [0.05, 0.1) is 25.8 Å². The number of carbonyl (C=O) groups excluding carboxylic acids is 2. The number of carbonyl (C=O) groups is 2. The standard InChI is InChI=1S/C19H16ClNO5/c1-25-13-8-5-11(9-14(13)26-2)16-15(18(23)19(24)21-16)17(22)10-3-6-12(20)7-4-10/h3-9,16,22H,1-2H3,(H,21,24). The highest BCUT2D eigenvalue weighted by molar-refractivity contribution is 6.46. The van der Waals surface area contributed by atoms with Crippen LogP contribution in [0.4, 0.5) is 0 Å². The summed E-state index contributed by atoms with van der Waals surface area (Å²) in [5.74, 6) is -0.870. The van der Waals surface area contributed by atoms with Crippen LogP contribution in [0.25, 0.3) is 5.76 Å². The maximum Gasteiger partial charge on any atom is 0.293 e. The van der Waals surface area contributed by atoms with E-state index in [1.165, 1.54) is 14.2 Å². The second-order valence-corrected chi connectivity index (χ2v) is 6.06. The van der Waals surface area contributed by atoms with E-state index in [2.05, 4.69) is 5.32 Å². The van der Waals surface area contributed by atoms with Gasteiger partial charge in [0.25, 0.3) is 11.7 Å². The number of amides is 1. The van der Waals surface area contributed by atoms with Crippen LogP contribution in [0.3, 0.4) is 0 Å². The van der Waals surface area contributed by atoms with Crippen LogP contribution in [-0.4, -0.2) is 31.0 Å². The summed E-state index contributed by atoms with van der Waals surface area (Å²) in [6, 6.07) is 10.5. The first kappa shape index (κ1) is 17.8.